The van der Waals surface area contributed by atoms with Crippen molar-refractivity contribution in [2.45, 2.75) is 33.6 Å². The second-order valence-corrected chi connectivity index (χ2v) is 3.65. The van der Waals surface area contributed by atoms with Crippen LogP contribution in [-0.4, -0.2) is 5.91 Å². The summed E-state index contributed by atoms with van der Waals surface area (Å²) in [5.41, 5.74) is 9.53. The highest BCUT2D eigenvalue weighted by atomic mass is 16.1. The molecule has 0 aliphatic rings. The lowest BCUT2D eigenvalue weighted by Crippen LogP contribution is -2.15. The van der Waals surface area contributed by atoms with Gasteiger partial charge in [-0.05, 0) is 43.0 Å². The van der Waals surface area contributed by atoms with Crippen LogP contribution < -0.4 is 5.73 Å². The fourth-order valence-electron chi connectivity index (χ4n) is 1.68. The van der Waals surface area contributed by atoms with E-state index in [0.29, 0.717) is 5.56 Å². The van der Waals surface area contributed by atoms with Crippen molar-refractivity contribution in [1.29, 1.82) is 0 Å². The Hall–Kier alpha value is -1.31. The third-order valence-electron chi connectivity index (χ3n) is 2.63. The van der Waals surface area contributed by atoms with Gasteiger partial charge in [0.2, 0.25) is 5.91 Å². The molecular formula is C12H17NO. The average Bonchev–Trinajstić information content (AvgIpc) is 2.13. The van der Waals surface area contributed by atoms with Gasteiger partial charge < -0.3 is 5.73 Å². The van der Waals surface area contributed by atoms with Gasteiger partial charge in [0, 0.05) is 5.56 Å². The number of aryl methyl sites for hydroxylation is 1. The van der Waals surface area contributed by atoms with Crippen molar-refractivity contribution in [2.75, 3.05) is 0 Å². The van der Waals surface area contributed by atoms with Gasteiger partial charge in [-0.25, -0.2) is 0 Å². The van der Waals surface area contributed by atoms with Crippen LogP contribution in [0.15, 0.2) is 12.1 Å². The van der Waals surface area contributed by atoms with Gasteiger partial charge in [0.15, 0.2) is 0 Å². The number of hydrogen-bond acceptors (Lipinski definition) is 1. The quantitative estimate of drug-likeness (QED) is 0.783. The van der Waals surface area contributed by atoms with Crippen LogP contribution in [0.2, 0.25) is 0 Å². The molecule has 0 radical (unpaired) electrons. The molecule has 2 nitrogen and oxygen atoms in total. The van der Waals surface area contributed by atoms with Gasteiger partial charge >= 0.3 is 0 Å². The Balaban J connectivity index is 3.29. The predicted molar refractivity (Wildman–Crippen MR) is 58.4 cm³/mol. The maximum atomic E-state index is 11.2. The van der Waals surface area contributed by atoms with Gasteiger partial charge in [-0.3, -0.25) is 4.79 Å². The SMILES string of the molecule is CCCc1c(C(N)=O)ccc(C)c1C. The second-order valence-electron chi connectivity index (χ2n) is 3.65. The molecule has 0 aliphatic carbocycles. The van der Waals surface area contributed by atoms with Gasteiger partial charge in [0.1, 0.15) is 0 Å². The Morgan fingerprint density at radius 2 is 2.00 bits per heavy atom. The summed E-state index contributed by atoms with van der Waals surface area (Å²) >= 11 is 0. The topological polar surface area (TPSA) is 43.1 Å². The van der Waals surface area contributed by atoms with Gasteiger partial charge in [-0.15, -0.1) is 0 Å². The summed E-state index contributed by atoms with van der Waals surface area (Å²) < 4.78 is 0. The largest absolute Gasteiger partial charge is 0.366 e. The van der Waals surface area contributed by atoms with Crippen molar-refractivity contribution >= 4 is 5.91 Å². The van der Waals surface area contributed by atoms with E-state index in [1.165, 1.54) is 11.1 Å². The maximum Gasteiger partial charge on any atom is 0.248 e. The molecule has 0 bridgehead atoms. The molecule has 1 amide bonds. The lowest BCUT2D eigenvalue weighted by atomic mass is 9.94. The van der Waals surface area contributed by atoms with Crippen molar-refractivity contribution in [3.8, 4) is 0 Å². The smallest absolute Gasteiger partial charge is 0.248 e. The van der Waals surface area contributed by atoms with Crippen molar-refractivity contribution < 1.29 is 4.79 Å². The van der Waals surface area contributed by atoms with Gasteiger partial charge in [0.25, 0.3) is 0 Å². The van der Waals surface area contributed by atoms with E-state index in [0.717, 1.165) is 18.4 Å². The minimum absolute atomic E-state index is 0.323. The molecule has 0 spiro atoms. The Morgan fingerprint density at radius 1 is 1.36 bits per heavy atom. The summed E-state index contributed by atoms with van der Waals surface area (Å²) in [6, 6.07) is 3.78. The summed E-state index contributed by atoms with van der Waals surface area (Å²) in [7, 11) is 0. The molecule has 0 aromatic heterocycles. The van der Waals surface area contributed by atoms with E-state index in [4.69, 9.17) is 5.73 Å². The van der Waals surface area contributed by atoms with Crippen LogP contribution >= 0.6 is 0 Å². The van der Waals surface area contributed by atoms with Crippen LogP contribution in [0.5, 0.6) is 0 Å². The van der Waals surface area contributed by atoms with E-state index >= 15 is 0 Å². The molecule has 1 rings (SSSR count). The fourth-order valence-corrected chi connectivity index (χ4v) is 1.68. The van der Waals surface area contributed by atoms with Crippen molar-refractivity contribution in [2.24, 2.45) is 5.73 Å². The first-order valence-corrected chi connectivity index (χ1v) is 4.96. The average molecular weight is 191 g/mol. The summed E-state index contributed by atoms with van der Waals surface area (Å²) in [6.07, 6.45) is 1.95. The van der Waals surface area contributed by atoms with Crippen molar-refractivity contribution in [3.05, 3.63) is 34.4 Å². The Morgan fingerprint density at radius 3 is 2.50 bits per heavy atom. The molecule has 1 aromatic carbocycles. The van der Waals surface area contributed by atoms with E-state index in [1.54, 1.807) is 0 Å². The van der Waals surface area contributed by atoms with Crippen LogP contribution in [0.1, 0.15) is 40.4 Å². The van der Waals surface area contributed by atoms with E-state index in [-0.39, 0.29) is 5.91 Å². The standard InChI is InChI=1S/C12H17NO/c1-4-5-10-9(3)8(2)6-7-11(10)12(13)14/h6-7H,4-5H2,1-3H3,(H2,13,14). The van der Waals surface area contributed by atoms with Crippen LogP contribution in [0.25, 0.3) is 0 Å². The molecule has 0 fully saturated rings. The van der Waals surface area contributed by atoms with Crippen LogP contribution in [0.4, 0.5) is 0 Å². The monoisotopic (exact) mass is 191 g/mol. The van der Waals surface area contributed by atoms with Gasteiger partial charge in [0.05, 0.1) is 0 Å². The zero-order valence-electron chi connectivity index (χ0n) is 9.05. The molecule has 0 saturated heterocycles. The minimum Gasteiger partial charge on any atom is -0.366 e. The Bertz CT molecular complexity index is 356. The van der Waals surface area contributed by atoms with E-state index in [9.17, 15) is 4.79 Å². The van der Waals surface area contributed by atoms with Gasteiger partial charge in [-0.2, -0.15) is 0 Å². The number of rotatable bonds is 3. The zero-order chi connectivity index (χ0) is 10.7. The number of primary amides is 1. The third kappa shape index (κ3) is 1.95. The lowest BCUT2D eigenvalue weighted by molar-refractivity contribution is 0.0999. The summed E-state index contributed by atoms with van der Waals surface area (Å²) in [6.45, 7) is 6.21. The molecule has 0 aliphatic heterocycles. The van der Waals surface area contributed by atoms with Crippen LogP contribution in [-0.2, 0) is 6.42 Å². The highest BCUT2D eigenvalue weighted by Crippen LogP contribution is 2.19. The number of benzene rings is 1. The van der Waals surface area contributed by atoms with Crippen molar-refractivity contribution in [3.63, 3.8) is 0 Å². The molecule has 0 saturated carbocycles. The molecule has 1 aromatic rings. The van der Waals surface area contributed by atoms with E-state index < -0.39 is 0 Å². The number of amides is 1. The fraction of sp³-hybridized carbons (Fsp3) is 0.417. The number of hydrogen-bond donors (Lipinski definition) is 1. The number of nitrogens with two attached hydrogens (primary N) is 1. The first-order valence-electron chi connectivity index (χ1n) is 4.96. The first kappa shape index (κ1) is 10.8. The molecule has 0 unspecified atom stereocenters. The molecule has 14 heavy (non-hydrogen) atoms. The second kappa shape index (κ2) is 4.27. The highest BCUT2D eigenvalue weighted by molar-refractivity contribution is 5.94. The predicted octanol–water partition coefficient (Wildman–Crippen LogP) is 2.35. The summed E-state index contributed by atoms with van der Waals surface area (Å²) in [4.78, 5) is 11.2. The number of carbonyl (C=O) groups is 1. The molecule has 0 atom stereocenters. The molecule has 0 heterocycles. The van der Waals surface area contributed by atoms with Gasteiger partial charge in [-0.1, -0.05) is 19.4 Å². The van der Waals surface area contributed by atoms with E-state index in [2.05, 4.69) is 13.8 Å². The number of carbonyl (C=O) groups excluding carboxylic acids is 1. The third-order valence-corrected chi connectivity index (χ3v) is 2.63. The Kier molecular flexibility index (Phi) is 3.28. The molecule has 2 N–H and O–H groups in total. The van der Waals surface area contributed by atoms with Crippen LogP contribution in [0.3, 0.4) is 0 Å². The summed E-state index contributed by atoms with van der Waals surface area (Å²) in [5, 5.41) is 0. The lowest BCUT2D eigenvalue weighted by Gasteiger charge is -2.11. The first-order chi connectivity index (χ1) is 6.57. The van der Waals surface area contributed by atoms with E-state index in [1.807, 2.05) is 19.1 Å². The van der Waals surface area contributed by atoms with Crippen molar-refractivity contribution in [1.82, 2.24) is 0 Å². The van der Waals surface area contributed by atoms with Crippen LogP contribution in [0, 0.1) is 13.8 Å². The maximum absolute atomic E-state index is 11.2. The Labute approximate surface area is 85.1 Å². The molecular weight excluding hydrogens is 174 g/mol. The normalized spacial score (nSPS) is 10.2. The summed E-state index contributed by atoms with van der Waals surface area (Å²) in [5.74, 6) is -0.323. The minimum atomic E-state index is -0.323. The molecule has 2 heteroatoms. The zero-order valence-corrected chi connectivity index (χ0v) is 9.05. The molecule has 76 valence electrons. The highest BCUT2D eigenvalue weighted by Gasteiger charge is 2.10.